The van der Waals surface area contributed by atoms with Crippen LogP contribution in [0.15, 0.2) is 24.3 Å². The average molecular weight is 443 g/mol. The van der Waals surface area contributed by atoms with E-state index in [0.29, 0.717) is 10.6 Å². The molecule has 2 N–H and O–H groups in total. The van der Waals surface area contributed by atoms with Gasteiger partial charge in [0.05, 0.1) is 23.4 Å². The third kappa shape index (κ3) is 5.08. The molecular formula is C20H21F3N2O2S2. The van der Waals surface area contributed by atoms with Crippen molar-refractivity contribution in [3.63, 3.8) is 0 Å². The molecule has 0 saturated heterocycles. The van der Waals surface area contributed by atoms with Crippen LogP contribution in [0.4, 0.5) is 23.9 Å². The molecule has 0 radical (unpaired) electrons. The Morgan fingerprint density at radius 2 is 1.90 bits per heavy atom. The molecule has 0 atom stereocenters. The number of hydrogen-bond acceptors (Lipinski definition) is 4. The Bertz CT molecular complexity index is 910. The maximum atomic E-state index is 13.2. The van der Waals surface area contributed by atoms with Crippen LogP contribution in [0.2, 0.25) is 0 Å². The monoisotopic (exact) mass is 442 g/mol. The number of halogens is 3. The maximum absolute atomic E-state index is 13.2. The number of alkyl halides is 3. The molecule has 1 aliphatic rings. The maximum Gasteiger partial charge on any atom is 0.418 e. The van der Waals surface area contributed by atoms with E-state index in [1.165, 1.54) is 29.5 Å². The average Bonchev–Trinajstić information content (AvgIpc) is 2.82. The smallest absolute Gasteiger partial charge is 0.418 e. The zero-order valence-corrected chi connectivity index (χ0v) is 17.5. The number of benzene rings is 1. The molecule has 0 saturated carbocycles. The topological polar surface area (TPSA) is 50.4 Å². The molecule has 4 nitrogen and oxygen atoms in total. The van der Waals surface area contributed by atoms with Crippen LogP contribution < -0.4 is 10.6 Å². The molecule has 9 heteroatoms. The number of rotatable bonds is 4. The van der Waals surface area contributed by atoms with E-state index in [9.17, 15) is 18.0 Å². The highest BCUT2D eigenvalue weighted by Gasteiger charge is 2.33. The van der Waals surface area contributed by atoms with Gasteiger partial charge in [0, 0.05) is 4.88 Å². The van der Waals surface area contributed by atoms with Gasteiger partial charge in [-0.2, -0.15) is 13.2 Å². The number of thiocarbonyl (C=S) groups is 1. The molecule has 0 aliphatic heterocycles. The van der Waals surface area contributed by atoms with Crippen molar-refractivity contribution in [1.29, 1.82) is 0 Å². The standard InChI is InChI=1S/C20H21F3N2O2S2/c1-2-27-18(26)16-12-8-4-3-5-11-15(12)29-17(16)25-19(28)24-14-10-7-6-9-13(14)20(21,22)23/h6-7,9-10H,2-5,8,11H2,1H3,(H2,24,25,28). The number of carbonyl (C=O) groups is 1. The third-order valence-corrected chi connectivity index (χ3v) is 6.02. The van der Waals surface area contributed by atoms with Crippen molar-refractivity contribution >= 4 is 45.3 Å². The SMILES string of the molecule is CCOC(=O)c1c(NC(=S)Nc2ccccc2C(F)(F)F)sc2c1CCCCC2. The van der Waals surface area contributed by atoms with Crippen LogP contribution in [-0.4, -0.2) is 17.7 Å². The summed E-state index contributed by atoms with van der Waals surface area (Å²) in [6.45, 7) is 1.97. The van der Waals surface area contributed by atoms with Gasteiger partial charge in [0.1, 0.15) is 5.00 Å². The van der Waals surface area contributed by atoms with Crippen LogP contribution in [0.3, 0.4) is 0 Å². The molecule has 0 fully saturated rings. The number of thiophene rings is 1. The van der Waals surface area contributed by atoms with Crippen LogP contribution >= 0.6 is 23.6 Å². The molecule has 0 bridgehead atoms. The number of aryl methyl sites for hydroxylation is 1. The lowest BCUT2D eigenvalue weighted by Crippen LogP contribution is -2.22. The van der Waals surface area contributed by atoms with Crippen molar-refractivity contribution in [3.05, 3.63) is 45.8 Å². The van der Waals surface area contributed by atoms with E-state index in [-0.39, 0.29) is 17.4 Å². The van der Waals surface area contributed by atoms with Crippen molar-refractivity contribution < 1.29 is 22.7 Å². The first kappa shape index (κ1) is 21.6. The number of fused-ring (bicyclic) bond motifs is 1. The summed E-state index contributed by atoms with van der Waals surface area (Å²) in [5.74, 6) is -0.437. The second kappa shape index (κ2) is 9.13. The molecule has 1 heterocycles. The quantitative estimate of drug-likeness (QED) is 0.344. The highest BCUT2D eigenvalue weighted by molar-refractivity contribution is 7.80. The molecule has 1 aromatic heterocycles. The zero-order valence-electron chi connectivity index (χ0n) is 15.8. The van der Waals surface area contributed by atoms with Gasteiger partial charge in [0.2, 0.25) is 0 Å². The largest absolute Gasteiger partial charge is 0.462 e. The van der Waals surface area contributed by atoms with Crippen molar-refractivity contribution in [2.75, 3.05) is 17.2 Å². The fourth-order valence-electron chi connectivity index (χ4n) is 3.35. The molecule has 2 aromatic rings. The van der Waals surface area contributed by atoms with E-state index in [2.05, 4.69) is 10.6 Å². The summed E-state index contributed by atoms with van der Waals surface area (Å²) >= 11 is 6.66. The minimum absolute atomic E-state index is 0.0105. The molecule has 1 aliphatic carbocycles. The summed E-state index contributed by atoms with van der Waals surface area (Å²) in [6, 6.07) is 5.12. The third-order valence-electron chi connectivity index (χ3n) is 4.61. The molecule has 0 unspecified atom stereocenters. The summed E-state index contributed by atoms with van der Waals surface area (Å²) in [7, 11) is 0. The highest BCUT2D eigenvalue weighted by Crippen LogP contribution is 2.38. The van der Waals surface area contributed by atoms with Gasteiger partial charge < -0.3 is 15.4 Å². The summed E-state index contributed by atoms with van der Waals surface area (Å²) in [5, 5.41) is 6.04. The zero-order chi connectivity index (χ0) is 21.0. The molecule has 1 aromatic carbocycles. The van der Waals surface area contributed by atoms with E-state index in [1.807, 2.05) is 0 Å². The first-order valence-corrected chi connectivity index (χ1v) is 10.6. The molecular weight excluding hydrogens is 421 g/mol. The first-order chi connectivity index (χ1) is 13.8. The van der Waals surface area contributed by atoms with E-state index in [0.717, 1.165) is 48.6 Å². The van der Waals surface area contributed by atoms with Crippen molar-refractivity contribution in [1.82, 2.24) is 0 Å². The van der Waals surface area contributed by atoms with Crippen LogP contribution in [0.25, 0.3) is 0 Å². The second-order valence-electron chi connectivity index (χ2n) is 6.61. The lowest BCUT2D eigenvalue weighted by atomic mass is 10.1. The number of para-hydroxylation sites is 1. The van der Waals surface area contributed by atoms with Gasteiger partial charge in [-0.1, -0.05) is 18.6 Å². The summed E-state index contributed by atoms with van der Waals surface area (Å²) in [5.41, 5.74) is 0.457. The van der Waals surface area contributed by atoms with E-state index < -0.39 is 17.7 Å². The van der Waals surface area contributed by atoms with Crippen LogP contribution in [0, 0.1) is 0 Å². The molecule has 0 amide bonds. The van der Waals surface area contributed by atoms with Crippen molar-refractivity contribution in [2.24, 2.45) is 0 Å². The highest BCUT2D eigenvalue weighted by atomic mass is 32.1. The lowest BCUT2D eigenvalue weighted by Gasteiger charge is -2.16. The van der Waals surface area contributed by atoms with Gasteiger partial charge in [-0.25, -0.2) is 4.79 Å². The van der Waals surface area contributed by atoms with Gasteiger partial charge in [-0.3, -0.25) is 0 Å². The normalized spacial score (nSPS) is 13.9. The molecule has 29 heavy (non-hydrogen) atoms. The number of nitrogens with one attached hydrogen (secondary N) is 2. The minimum atomic E-state index is -4.50. The Morgan fingerprint density at radius 3 is 2.62 bits per heavy atom. The van der Waals surface area contributed by atoms with Gasteiger partial charge in [0.15, 0.2) is 5.11 Å². The van der Waals surface area contributed by atoms with Gasteiger partial charge in [0.25, 0.3) is 0 Å². The molecule has 156 valence electrons. The number of ether oxygens (including phenoxy) is 1. The fraction of sp³-hybridized carbons (Fsp3) is 0.400. The van der Waals surface area contributed by atoms with E-state index >= 15 is 0 Å². The van der Waals surface area contributed by atoms with Crippen LogP contribution in [0.1, 0.15) is 52.5 Å². The summed E-state index contributed by atoms with van der Waals surface area (Å²) in [6.07, 6.45) is 0.258. The molecule has 3 rings (SSSR count). The van der Waals surface area contributed by atoms with Gasteiger partial charge in [-0.05, 0) is 62.5 Å². The summed E-state index contributed by atoms with van der Waals surface area (Å²) in [4.78, 5) is 13.7. The predicted molar refractivity (Wildman–Crippen MR) is 113 cm³/mol. The Labute approximate surface area is 176 Å². The second-order valence-corrected chi connectivity index (χ2v) is 8.12. The van der Waals surface area contributed by atoms with Crippen molar-refractivity contribution in [3.8, 4) is 0 Å². The number of esters is 1. The lowest BCUT2D eigenvalue weighted by molar-refractivity contribution is -0.136. The fourth-order valence-corrected chi connectivity index (χ4v) is 4.90. The Morgan fingerprint density at radius 1 is 1.17 bits per heavy atom. The number of anilines is 2. The van der Waals surface area contributed by atoms with Gasteiger partial charge >= 0.3 is 12.1 Å². The Balaban J connectivity index is 1.87. The Kier molecular flexibility index (Phi) is 6.79. The van der Waals surface area contributed by atoms with Gasteiger partial charge in [-0.15, -0.1) is 11.3 Å². The number of hydrogen-bond donors (Lipinski definition) is 2. The van der Waals surface area contributed by atoms with Crippen molar-refractivity contribution in [2.45, 2.75) is 45.2 Å². The van der Waals surface area contributed by atoms with E-state index in [1.54, 1.807) is 6.92 Å². The summed E-state index contributed by atoms with van der Waals surface area (Å²) < 4.78 is 44.8. The van der Waals surface area contributed by atoms with E-state index in [4.69, 9.17) is 17.0 Å². The van der Waals surface area contributed by atoms with Crippen LogP contribution in [0.5, 0.6) is 0 Å². The number of carbonyl (C=O) groups excluding carboxylic acids is 1. The minimum Gasteiger partial charge on any atom is -0.462 e. The molecule has 0 spiro atoms. The Hall–Kier alpha value is -2.13. The van der Waals surface area contributed by atoms with Crippen LogP contribution in [-0.2, 0) is 23.8 Å². The predicted octanol–water partition coefficient (Wildman–Crippen LogP) is 6.02. The first-order valence-electron chi connectivity index (χ1n) is 9.37.